The lowest BCUT2D eigenvalue weighted by atomic mass is 10.1. The van der Waals surface area contributed by atoms with Crippen LogP contribution in [0.3, 0.4) is 0 Å². The highest BCUT2D eigenvalue weighted by Gasteiger charge is 2.12. The van der Waals surface area contributed by atoms with Gasteiger partial charge < -0.3 is 23.7 Å². The molecule has 0 N–H and O–H groups in total. The second-order valence-corrected chi connectivity index (χ2v) is 3.66. The van der Waals surface area contributed by atoms with Crippen molar-refractivity contribution in [1.82, 2.24) is 0 Å². The minimum atomic E-state index is -0.499. The van der Waals surface area contributed by atoms with Gasteiger partial charge in [-0.25, -0.2) is 4.79 Å². The van der Waals surface area contributed by atoms with Crippen LogP contribution in [-0.4, -0.2) is 41.2 Å². The molecule has 6 nitrogen and oxygen atoms in total. The molecule has 0 unspecified atom stereocenters. The van der Waals surface area contributed by atoms with E-state index in [1.54, 1.807) is 18.2 Å². The number of hydrogen-bond acceptors (Lipinski definition) is 6. The van der Waals surface area contributed by atoms with E-state index in [9.17, 15) is 4.79 Å². The van der Waals surface area contributed by atoms with Gasteiger partial charge in [-0.3, -0.25) is 0 Å². The average Bonchev–Trinajstić information content (AvgIpc) is 2.49. The van der Waals surface area contributed by atoms with Gasteiger partial charge in [-0.2, -0.15) is 0 Å². The molecular weight excluding hydrogens is 264 g/mol. The second kappa shape index (κ2) is 8.06. The molecule has 0 saturated heterocycles. The fraction of sp³-hybridized carbons (Fsp3) is 0.357. The van der Waals surface area contributed by atoms with Crippen molar-refractivity contribution in [3.05, 3.63) is 23.8 Å². The number of methoxy groups -OCH3 is 4. The van der Waals surface area contributed by atoms with E-state index >= 15 is 0 Å². The summed E-state index contributed by atoms with van der Waals surface area (Å²) in [5.41, 5.74) is 0.717. The normalized spacial score (nSPS) is 10.4. The maximum absolute atomic E-state index is 11.3. The van der Waals surface area contributed by atoms with E-state index in [1.165, 1.54) is 34.5 Å². The van der Waals surface area contributed by atoms with E-state index in [0.717, 1.165) is 0 Å². The summed E-state index contributed by atoms with van der Waals surface area (Å²) in [5.74, 6) is 1.02. The smallest absolute Gasteiger partial charge is 0.332 e. The molecule has 0 heterocycles. The topological polar surface area (TPSA) is 63.2 Å². The van der Waals surface area contributed by atoms with Crippen LogP contribution in [0, 0.1) is 0 Å². The van der Waals surface area contributed by atoms with Gasteiger partial charge in [0.15, 0.2) is 18.3 Å². The lowest BCUT2D eigenvalue weighted by Crippen LogP contribution is -2.03. The predicted octanol–water partition coefficient (Wildman–Crippen LogP) is 1.87. The zero-order valence-electron chi connectivity index (χ0n) is 12.0. The van der Waals surface area contributed by atoms with Crippen LogP contribution in [-0.2, 0) is 14.3 Å². The number of rotatable bonds is 7. The zero-order chi connectivity index (χ0) is 15.0. The second-order valence-electron chi connectivity index (χ2n) is 3.66. The van der Waals surface area contributed by atoms with E-state index in [2.05, 4.69) is 4.74 Å². The lowest BCUT2D eigenvalue weighted by Gasteiger charge is -2.12. The third-order valence-electron chi connectivity index (χ3n) is 2.42. The molecule has 0 bridgehead atoms. The summed E-state index contributed by atoms with van der Waals surface area (Å²) in [6.07, 6.45) is 2.88. The van der Waals surface area contributed by atoms with Gasteiger partial charge in [0.05, 0.1) is 21.3 Å². The molecule has 0 aliphatic carbocycles. The van der Waals surface area contributed by atoms with Crippen LogP contribution in [0.4, 0.5) is 0 Å². The number of benzene rings is 1. The van der Waals surface area contributed by atoms with Crippen molar-refractivity contribution in [2.24, 2.45) is 0 Å². The van der Waals surface area contributed by atoms with Crippen molar-refractivity contribution in [1.29, 1.82) is 0 Å². The summed E-state index contributed by atoms with van der Waals surface area (Å²) in [4.78, 5) is 11.3. The highest BCUT2D eigenvalue weighted by molar-refractivity contribution is 5.87. The number of ether oxygens (including phenoxy) is 5. The van der Waals surface area contributed by atoms with E-state index in [1.807, 2.05) is 0 Å². The van der Waals surface area contributed by atoms with E-state index < -0.39 is 5.97 Å². The average molecular weight is 282 g/mol. The van der Waals surface area contributed by atoms with Crippen molar-refractivity contribution < 1.29 is 28.5 Å². The summed E-state index contributed by atoms with van der Waals surface area (Å²) in [6, 6.07) is 3.45. The minimum absolute atomic E-state index is 0.0849. The molecule has 0 aliphatic rings. The number of hydrogen-bond donors (Lipinski definition) is 0. The van der Waals surface area contributed by atoms with E-state index in [4.69, 9.17) is 18.9 Å². The molecule has 1 aromatic rings. The number of esters is 1. The summed E-state index contributed by atoms with van der Waals surface area (Å²) < 4.78 is 25.0. The van der Waals surface area contributed by atoms with Gasteiger partial charge in [-0.05, 0) is 23.8 Å². The van der Waals surface area contributed by atoms with Crippen LogP contribution in [0.15, 0.2) is 18.2 Å². The van der Waals surface area contributed by atoms with Crippen molar-refractivity contribution in [2.45, 2.75) is 0 Å². The Morgan fingerprint density at radius 1 is 1.05 bits per heavy atom. The van der Waals surface area contributed by atoms with Gasteiger partial charge in [0.1, 0.15) is 0 Å². The Morgan fingerprint density at radius 2 is 1.65 bits per heavy atom. The van der Waals surface area contributed by atoms with Crippen molar-refractivity contribution in [3.8, 4) is 17.2 Å². The van der Waals surface area contributed by atoms with Gasteiger partial charge in [0.25, 0.3) is 0 Å². The Labute approximate surface area is 117 Å². The first-order valence-corrected chi connectivity index (χ1v) is 5.80. The highest BCUT2D eigenvalue weighted by Crippen LogP contribution is 2.38. The summed E-state index contributed by atoms with van der Waals surface area (Å²) in [7, 11) is 6.02. The fourth-order valence-electron chi connectivity index (χ4n) is 1.53. The molecule has 0 atom stereocenters. The maximum Gasteiger partial charge on any atom is 0.332 e. The quantitative estimate of drug-likeness (QED) is 0.432. The number of carbonyl (C=O) groups excluding carboxylic acids is 1. The van der Waals surface area contributed by atoms with Gasteiger partial charge in [0.2, 0.25) is 5.75 Å². The molecule has 0 radical (unpaired) electrons. The van der Waals surface area contributed by atoms with Crippen molar-refractivity contribution >= 4 is 12.0 Å². The zero-order valence-corrected chi connectivity index (χ0v) is 12.0. The van der Waals surface area contributed by atoms with Crippen LogP contribution in [0.25, 0.3) is 6.08 Å². The van der Waals surface area contributed by atoms with Crippen LogP contribution in [0.2, 0.25) is 0 Å². The Kier molecular flexibility index (Phi) is 6.39. The summed E-state index contributed by atoms with van der Waals surface area (Å²) >= 11 is 0. The van der Waals surface area contributed by atoms with Crippen LogP contribution in [0.1, 0.15) is 5.56 Å². The molecule has 0 fully saturated rings. The highest BCUT2D eigenvalue weighted by atomic mass is 16.7. The Bertz CT molecular complexity index is 456. The third kappa shape index (κ3) is 4.17. The Morgan fingerprint density at radius 3 is 2.10 bits per heavy atom. The van der Waals surface area contributed by atoms with Crippen molar-refractivity contribution in [2.75, 3.05) is 35.2 Å². The minimum Gasteiger partial charge on any atom is -0.493 e. The molecule has 0 aliphatic heterocycles. The number of carbonyl (C=O) groups is 1. The molecule has 0 spiro atoms. The van der Waals surface area contributed by atoms with E-state index in [0.29, 0.717) is 22.8 Å². The fourth-order valence-corrected chi connectivity index (χ4v) is 1.53. The van der Waals surface area contributed by atoms with Gasteiger partial charge in [-0.15, -0.1) is 0 Å². The first kappa shape index (κ1) is 15.8. The molecular formula is C14H18O6. The third-order valence-corrected chi connectivity index (χ3v) is 2.42. The molecule has 1 aromatic carbocycles. The SMILES string of the molecule is COCOC(=O)/C=C/c1cc(OC)c(OC)c(OC)c1. The first-order chi connectivity index (χ1) is 9.65. The standard InChI is InChI=1S/C14H18O6/c1-16-9-20-13(15)6-5-10-7-11(17-2)14(19-4)12(8-10)18-3/h5-8H,9H2,1-4H3/b6-5+. The largest absolute Gasteiger partial charge is 0.493 e. The Balaban J connectivity index is 2.96. The van der Waals surface area contributed by atoms with Crippen LogP contribution >= 0.6 is 0 Å². The maximum atomic E-state index is 11.3. The molecule has 6 heteroatoms. The van der Waals surface area contributed by atoms with Gasteiger partial charge in [0, 0.05) is 13.2 Å². The monoisotopic (exact) mass is 282 g/mol. The van der Waals surface area contributed by atoms with Gasteiger partial charge >= 0.3 is 5.97 Å². The van der Waals surface area contributed by atoms with Gasteiger partial charge in [-0.1, -0.05) is 0 Å². The molecule has 1 rings (SSSR count). The molecule has 110 valence electrons. The predicted molar refractivity (Wildman–Crippen MR) is 73.1 cm³/mol. The van der Waals surface area contributed by atoms with E-state index in [-0.39, 0.29) is 6.79 Å². The summed E-state index contributed by atoms with van der Waals surface area (Å²) in [5, 5.41) is 0. The Hall–Kier alpha value is -2.21. The molecule has 0 amide bonds. The van der Waals surface area contributed by atoms with Crippen LogP contribution in [0.5, 0.6) is 17.2 Å². The summed E-state index contributed by atoms with van der Waals surface area (Å²) in [6.45, 7) is -0.0849. The van der Waals surface area contributed by atoms with Crippen molar-refractivity contribution in [3.63, 3.8) is 0 Å². The first-order valence-electron chi connectivity index (χ1n) is 5.80. The molecule has 0 aromatic heterocycles. The lowest BCUT2D eigenvalue weighted by molar-refractivity contribution is -0.147. The molecule has 0 saturated carbocycles. The van der Waals surface area contributed by atoms with Crippen LogP contribution < -0.4 is 14.2 Å². The molecule has 20 heavy (non-hydrogen) atoms.